The molecule has 140 valence electrons. The zero-order chi connectivity index (χ0) is 17.5. The summed E-state index contributed by atoms with van der Waals surface area (Å²) in [6, 6.07) is 0. The third-order valence-electron chi connectivity index (χ3n) is 5.38. The van der Waals surface area contributed by atoms with E-state index in [1.54, 1.807) is 0 Å². The number of ether oxygens (including phenoxy) is 2. The van der Waals surface area contributed by atoms with Gasteiger partial charge in [-0.05, 0) is 50.9 Å². The van der Waals surface area contributed by atoms with E-state index >= 15 is 0 Å². The fourth-order valence-corrected chi connectivity index (χ4v) is 4.04. The van der Waals surface area contributed by atoms with Gasteiger partial charge >= 0.3 is 0 Å². The summed E-state index contributed by atoms with van der Waals surface area (Å²) in [5, 5.41) is 0. The maximum atomic E-state index is 14.6. The Kier molecular flexibility index (Phi) is 8.08. The first-order valence-electron chi connectivity index (χ1n) is 9.35. The molecule has 0 amide bonds. The molecule has 7 unspecified atom stereocenters. The van der Waals surface area contributed by atoms with Gasteiger partial charge in [-0.15, -0.1) is 0 Å². The van der Waals surface area contributed by atoms with Gasteiger partial charge in [0.15, 0.2) is 6.17 Å². The molecule has 0 aliphatic heterocycles. The molecule has 24 heavy (non-hydrogen) atoms. The van der Waals surface area contributed by atoms with Crippen molar-refractivity contribution in [3.63, 3.8) is 0 Å². The summed E-state index contributed by atoms with van der Waals surface area (Å²) in [6.07, 6.45) is 1.99. The zero-order valence-electron chi connectivity index (χ0n) is 14.8. The Morgan fingerprint density at radius 2 is 1.71 bits per heavy atom. The summed E-state index contributed by atoms with van der Waals surface area (Å²) in [5.74, 6) is -0.931. The van der Waals surface area contributed by atoms with Crippen molar-refractivity contribution in [2.24, 2.45) is 11.8 Å². The van der Waals surface area contributed by atoms with Crippen LogP contribution in [-0.2, 0) is 9.47 Å². The van der Waals surface area contributed by atoms with E-state index in [2.05, 4.69) is 0 Å². The standard InChI is InChI=1S/C19H31F3O2/c1-3-5-11-23-13-6-7-14(16(20)12-13)15-8-9-17(24-10-4-2)19(22)18(15)21/h3,5,13-19H,4,6-12H2,1-2H3. The Hall–Kier alpha value is -0.550. The van der Waals surface area contributed by atoms with Gasteiger partial charge in [-0.1, -0.05) is 19.1 Å². The molecule has 0 saturated heterocycles. The molecule has 0 heterocycles. The third kappa shape index (κ3) is 4.98. The Morgan fingerprint density at radius 1 is 0.958 bits per heavy atom. The second-order valence-corrected chi connectivity index (χ2v) is 7.06. The highest BCUT2D eigenvalue weighted by Gasteiger charge is 2.47. The largest absolute Gasteiger partial charge is 0.375 e. The van der Waals surface area contributed by atoms with Crippen molar-refractivity contribution in [1.82, 2.24) is 0 Å². The van der Waals surface area contributed by atoms with E-state index in [0.29, 0.717) is 32.5 Å². The fraction of sp³-hybridized carbons (Fsp3) is 0.895. The Morgan fingerprint density at radius 3 is 2.38 bits per heavy atom. The Balaban J connectivity index is 1.86. The topological polar surface area (TPSA) is 18.5 Å². The lowest BCUT2D eigenvalue weighted by Gasteiger charge is -2.42. The minimum Gasteiger partial charge on any atom is -0.375 e. The van der Waals surface area contributed by atoms with Crippen LogP contribution in [0.3, 0.4) is 0 Å². The van der Waals surface area contributed by atoms with E-state index in [1.165, 1.54) is 0 Å². The van der Waals surface area contributed by atoms with Crippen LogP contribution in [0, 0.1) is 11.8 Å². The third-order valence-corrected chi connectivity index (χ3v) is 5.38. The minimum absolute atomic E-state index is 0.115. The lowest BCUT2D eigenvalue weighted by Crippen LogP contribution is -2.48. The lowest BCUT2D eigenvalue weighted by molar-refractivity contribution is -0.101. The van der Waals surface area contributed by atoms with Gasteiger partial charge in [0.05, 0.1) is 18.8 Å². The first-order valence-corrected chi connectivity index (χ1v) is 9.35. The van der Waals surface area contributed by atoms with Crippen LogP contribution in [0.5, 0.6) is 0 Å². The molecule has 5 heteroatoms. The van der Waals surface area contributed by atoms with Crippen LogP contribution in [-0.4, -0.2) is 43.9 Å². The number of allylic oxidation sites excluding steroid dienone is 1. The summed E-state index contributed by atoms with van der Waals surface area (Å²) in [4.78, 5) is 0. The fourth-order valence-electron chi connectivity index (χ4n) is 4.04. The highest BCUT2D eigenvalue weighted by atomic mass is 19.2. The molecule has 2 aliphatic carbocycles. The van der Waals surface area contributed by atoms with Crippen molar-refractivity contribution >= 4 is 0 Å². The monoisotopic (exact) mass is 348 g/mol. The van der Waals surface area contributed by atoms with Crippen LogP contribution in [0.4, 0.5) is 13.2 Å². The van der Waals surface area contributed by atoms with E-state index in [0.717, 1.165) is 12.8 Å². The molecule has 0 spiro atoms. The van der Waals surface area contributed by atoms with Crippen LogP contribution in [0.25, 0.3) is 0 Å². The van der Waals surface area contributed by atoms with Gasteiger partial charge in [0.2, 0.25) is 0 Å². The summed E-state index contributed by atoms with van der Waals surface area (Å²) >= 11 is 0. The number of halogens is 3. The van der Waals surface area contributed by atoms with Crippen LogP contribution in [0.2, 0.25) is 0 Å². The molecule has 2 aliphatic rings. The van der Waals surface area contributed by atoms with Crippen molar-refractivity contribution in [3.8, 4) is 0 Å². The number of hydrogen-bond donors (Lipinski definition) is 0. The number of hydrogen-bond acceptors (Lipinski definition) is 2. The van der Waals surface area contributed by atoms with Gasteiger partial charge in [-0.2, -0.15) is 0 Å². The molecular weight excluding hydrogens is 317 g/mol. The molecule has 2 nitrogen and oxygen atoms in total. The molecule has 7 atom stereocenters. The minimum atomic E-state index is -1.63. The van der Waals surface area contributed by atoms with E-state index < -0.39 is 36.5 Å². The summed E-state index contributed by atoms with van der Waals surface area (Å²) < 4.78 is 54.5. The van der Waals surface area contributed by atoms with Gasteiger partial charge in [-0.3, -0.25) is 0 Å². The van der Waals surface area contributed by atoms with Gasteiger partial charge < -0.3 is 9.47 Å². The summed E-state index contributed by atoms with van der Waals surface area (Å²) in [6.45, 7) is 4.78. The second-order valence-electron chi connectivity index (χ2n) is 7.06. The Bertz CT molecular complexity index is 391. The van der Waals surface area contributed by atoms with Crippen molar-refractivity contribution in [2.75, 3.05) is 13.2 Å². The summed E-state index contributed by atoms with van der Waals surface area (Å²) in [5.41, 5.74) is 0. The van der Waals surface area contributed by atoms with Crippen LogP contribution >= 0.6 is 0 Å². The zero-order valence-corrected chi connectivity index (χ0v) is 14.8. The van der Waals surface area contributed by atoms with Crippen LogP contribution in [0.1, 0.15) is 52.4 Å². The normalized spacial score (nSPS) is 41.0. The van der Waals surface area contributed by atoms with Crippen molar-refractivity contribution in [3.05, 3.63) is 12.2 Å². The van der Waals surface area contributed by atoms with Gasteiger partial charge in [-0.25, -0.2) is 13.2 Å². The van der Waals surface area contributed by atoms with Gasteiger partial charge in [0, 0.05) is 13.0 Å². The molecule has 0 aromatic carbocycles. The second kappa shape index (κ2) is 9.81. The molecule has 0 aromatic heterocycles. The first-order chi connectivity index (χ1) is 11.6. The quantitative estimate of drug-likeness (QED) is 0.605. The van der Waals surface area contributed by atoms with Gasteiger partial charge in [0.1, 0.15) is 12.3 Å². The predicted molar refractivity (Wildman–Crippen MR) is 89.3 cm³/mol. The molecule has 2 saturated carbocycles. The maximum Gasteiger partial charge on any atom is 0.157 e. The van der Waals surface area contributed by atoms with Crippen molar-refractivity contribution in [1.29, 1.82) is 0 Å². The highest BCUT2D eigenvalue weighted by molar-refractivity contribution is 4.96. The number of rotatable bonds is 7. The first kappa shape index (κ1) is 19.8. The average molecular weight is 348 g/mol. The van der Waals surface area contributed by atoms with E-state index in [1.807, 2.05) is 26.0 Å². The van der Waals surface area contributed by atoms with E-state index in [4.69, 9.17) is 9.47 Å². The maximum absolute atomic E-state index is 14.6. The van der Waals surface area contributed by atoms with Gasteiger partial charge in [0.25, 0.3) is 0 Å². The predicted octanol–water partition coefficient (Wildman–Crippen LogP) is 4.97. The SMILES string of the molecule is CC=CCOC1CCC(C2CCC(OCCC)C(F)C2F)C(F)C1. The molecule has 0 bridgehead atoms. The molecule has 2 fully saturated rings. The van der Waals surface area contributed by atoms with Crippen LogP contribution < -0.4 is 0 Å². The Labute approximate surface area is 143 Å². The molecular formula is C19H31F3O2. The van der Waals surface area contributed by atoms with Crippen molar-refractivity contribution < 1.29 is 22.6 Å². The number of alkyl halides is 3. The van der Waals surface area contributed by atoms with E-state index in [9.17, 15) is 13.2 Å². The highest BCUT2D eigenvalue weighted by Crippen LogP contribution is 2.43. The summed E-state index contributed by atoms with van der Waals surface area (Å²) in [7, 11) is 0. The molecule has 0 aromatic rings. The van der Waals surface area contributed by atoms with Crippen molar-refractivity contribution in [2.45, 2.75) is 83.1 Å². The van der Waals surface area contributed by atoms with E-state index in [-0.39, 0.29) is 12.5 Å². The van der Waals surface area contributed by atoms with Crippen LogP contribution in [0.15, 0.2) is 12.2 Å². The lowest BCUT2D eigenvalue weighted by atomic mass is 9.70. The molecule has 0 N–H and O–H groups in total. The smallest absolute Gasteiger partial charge is 0.157 e. The average Bonchev–Trinajstić information content (AvgIpc) is 2.57. The molecule has 0 radical (unpaired) electrons. The molecule has 2 rings (SSSR count).